The van der Waals surface area contributed by atoms with Crippen molar-refractivity contribution in [2.45, 2.75) is 13.8 Å². The zero-order chi connectivity index (χ0) is 10.6. The van der Waals surface area contributed by atoms with Crippen molar-refractivity contribution in [2.24, 2.45) is 5.92 Å². The third-order valence-corrected chi connectivity index (χ3v) is 2.01. The molecule has 0 saturated carbocycles. The summed E-state index contributed by atoms with van der Waals surface area (Å²) < 4.78 is 0. The summed E-state index contributed by atoms with van der Waals surface area (Å²) in [6, 6.07) is 6.84. The highest BCUT2D eigenvalue weighted by Gasteiger charge is 2.01. The fourth-order valence-corrected chi connectivity index (χ4v) is 1.14. The van der Waals surface area contributed by atoms with Gasteiger partial charge >= 0.3 is 0 Å². The minimum atomic E-state index is 0.204. The lowest BCUT2D eigenvalue weighted by Crippen LogP contribution is -1.94. The molecule has 0 atom stereocenters. The molecular formula is C12H14O2. The molecule has 0 fully saturated rings. The Labute approximate surface area is 83.9 Å². The van der Waals surface area contributed by atoms with Crippen molar-refractivity contribution < 1.29 is 9.90 Å². The molecule has 1 aromatic rings. The molecular weight excluding hydrogens is 176 g/mol. The first-order chi connectivity index (χ1) is 6.63. The molecule has 0 bridgehead atoms. The van der Waals surface area contributed by atoms with E-state index in [1.54, 1.807) is 24.3 Å². The largest absolute Gasteiger partial charge is 0.508 e. The maximum Gasteiger partial charge on any atom is 0.146 e. The number of carbonyl (C=O) groups is 1. The molecule has 1 rings (SSSR count). The van der Waals surface area contributed by atoms with E-state index in [0.29, 0.717) is 0 Å². The summed E-state index contributed by atoms with van der Waals surface area (Å²) >= 11 is 0. The van der Waals surface area contributed by atoms with Crippen LogP contribution in [0.2, 0.25) is 0 Å². The van der Waals surface area contributed by atoms with E-state index in [1.807, 2.05) is 19.9 Å². The van der Waals surface area contributed by atoms with Crippen molar-refractivity contribution in [3.63, 3.8) is 0 Å². The molecule has 1 aromatic carbocycles. The Morgan fingerprint density at radius 3 is 2.64 bits per heavy atom. The van der Waals surface area contributed by atoms with Crippen molar-refractivity contribution >= 4 is 12.4 Å². The second-order valence-corrected chi connectivity index (χ2v) is 3.51. The molecule has 0 radical (unpaired) electrons. The van der Waals surface area contributed by atoms with Gasteiger partial charge in [0.05, 0.1) is 0 Å². The topological polar surface area (TPSA) is 37.3 Å². The smallest absolute Gasteiger partial charge is 0.146 e. The standard InChI is InChI=1S/C12H14O2/c1-9(2)11(8-13)6-10-4-3-5-12(14)7-10/h3-9,14H,1-2H3. The molecule has 0 aliphatic carbocycles. The van der Waals surface area contributed by atoms with E-state index in [2.05, 4.69) is 0 Å². The molecule has 0 aromatic heterocycles. The van der Waals surface area contributed by atoms with Crippen molar-refractivity contribution in [3.8, 4) is 5.75 Å². The van der Waals surface area contributed by atoms with Gasteiger partial charge in [0.2, 0.25) is 0 Å². The number of aromatic hydroxyl groups is 1. The summed E-state index contributed by atoms with van der Waals surface area (Å²) in [6.07, 6.45) is 2.64. The minimum Gasteiger partial charge on any atom is -0.508 e. The summed E-state index contributed by atoms with van der Waals surface area (Å²) in [5.74, 6) is 0.419. The predicted molar refractivity (Wildman–Crippen MR) is 57.0 cm³/mol. The number of phenols is 1. The first-order valence-electron chi connectivity index (χ1n) is 4.59. The van der Waals surface area contributed by atoms with Crippen molar-refractivity contribution in [1.82, 2.24) is 0 Å². The number of aldehydes is 1. The van der Waals surface area contributed by atoms with Gasteiger partial charge in [-0.1, -0.05) is 26.0 Å². The third-order valence-electron chi connectivity index (χ3n) is 2.01. The number of allylic oxidation sites excluding steroid dienone is 1. The molecule has 1 N–H and O–H groups in total. The van der Waals surface area contributed by atoms with E-state index >= 15 is 0 Å². The molecule has 0 heterocycles. The summed E-state index contributed by atoms with van der Waals surface area (Å²) in [7, 11) is 0. The first-order valence-corrected chi connectivity index (χ1v) is 4.59. The van der Waals surface area contributed by atoms with Crippen LogP contribution in [0.3, 0.4) is 0 Å². The highest BCUT2D eigenvalue weighted by Crippen LogP contribution is 2.16. The van der Waals surface area contributed by atoms with Crippen molar-refractivity contribution in [2.75, 3.05) is 0 Å². The van der Waals surface area contributed by atoms with E-state index in [4.69, 9.17) is 0 Å². The number of carbonyl (C=O) groups excluding carboxylic acids is 1. The van der Waals surface area contributed by atoms with Gasteiger partial charge in [0.15, 0.2) is 0 Å². The van der Waals surface area contributed by atoms with Crippen LogP contribution >= 0.6 is 0 Å². The number of rotatable bonds is 3. The number of hydrogen-bond acceptors (Lipinski definition) is 2. The lowest BCUT2D eigenvalue weighted by atomic mass is 10.0. The number of hydrogen-bond donors (Lipinski definition) is 1. The molecule has 2 nitrogen and oxygen atoms in total. The van der Waals surface area contributed by atoms with Gasteiger partial charge in [-0.15, -0.1) is 0 Å². The van der Waals surface area contributed by atoms with Crippen LogP contribution in [0.25, 0.3) is 6.08 Å². The lowest BCUT2D eigenvalue weighted by molar-refractivity contribution is -0.105. The first kappa shape index (κ1) is 10.5. The third kappa shape index (κ3) is 2.73. The molecule has 2 heteroatoms. The minimum absolute atomic E-state index is 0.204. The second-order valence-electron chi connectivity index (χ2n) is 3.51. The molecule has 0 saturated heterocycles. The Bertz CT molecular complexity index is 351. The van der Waals surface area contributed by atoms with Crippen LogP contribution in [0, 0.1) is 5.92 Å². The summed E-state index contributed by atoms with van der Waals surface area (Å²) in [5.41, 5.74) is 1.58. The monoisotopic (exact) mass is 190 g/mol. The molecule has 0 unspecified atom stereocenters. The molecule has 0 amide bonds. The van der Waals surface area contributed by atoms with Gasteiger partial charge in [0.1, 0.15) is 12.0 Å². The summed E-state index contributed by atoms with van der Waals surface area (Å²) in [4.78, 5) is 10.7. The molecule has 74 valence electrons. The summed E-state index contributed by atoms with van der Waals surface area (Å²) in [5, 5.41) is 9.22. The normalized spacial score (nSPS) is 11.8. The van der Waals surface area contributed by atoms with E-state index in [9.17, 15) is 9.90 Å². The van der Waals surface area contributed by atoms with Crippen LogP contribution in [0.1, 0.15) is 19.4 Å². The Morgan fingerprint density at radius 2 is 2.14 bits per heavy atom. The Kier molecular flexibility index (Phi) is 3.46. The predicted octanol–water partition coefficient (Wildman–Crippen LogP) is 2.63. The van der Waals surface area contributed by atoms with Crippen LogP contribution in [-0.2, 0) is 4.79 Å². The SMILES string of the molecule is CC(C)C(C=O)=Cc1cccc(O)c1. The van der Waals surface area contributed by atoms with Gasteiger partial charge in [-0.2, -0.15) is 0 Å². The average Bonchev–Trinajstić information content (AvgIpc) is 2.14. The molecule has 0 aliphatic rings. The average molecular weight is 190 g/mol. The quantitative estimate of drug-likeness (QED) is 0.587. The highest BCUT2D eigenvalue weighted by atomic mass is 16.3. The van der Waals surface area contributed by atoms with Crippen LogP contribution in [0.5, 0.6) is 5.75 Å². The maximum absolute atomic E-state index is 10.7. The van der Waals surface area contributed by atoms with Gasteiger partial charge in [-0.3, -0.25) is 4.79 Å². The van der Waals surface area contributed by atoms with Gasteiger partial charge in [0, 0.05) is 0 Å². The van der Waals surface area contributed by atoms with Crippen LogP contribution in [-0.4, -0.2) is 11.4 Å². The lowest BCUT2D eigenvalue weighted by Gasteiger charge is -2.03. The number of phenolic OH excluding ortho intramolecular Hbond substituents is 1. The highest BCUT2D eigenvalue weighted by molar-refractivity contribution is 5.82. The van der Waals surface area contributed by atoms with Crippen LogP contribution in [0.4, 0.5) is 0 Å². The number of benzene rings is 1. The molecule has 0 aliphatic heterocycles. The molecule has 0 spiro atoms. The summed E-state index contributed by atoms with van der Waals surface area (Å²) in [6.45, 7) is 3.92. The van der Waals surface area contributed by atoms with Gasteiger partial charge in [0.25, 0.3) is 0 Å². The maximum atomic E-state index is 10.7. The van der Waals surface area contributed by atoms with Gasteiger partial charge in [-0.05, 0) is 35.3 Å². The van der Waals surface area contributed by atoms with Crippen LogP contribution in [0.15, 0.2) is 29.8 Å². The van der Waals surface area contributed by atoms with Gasteiger partial charge < -0.3 is 5.11 Å². The zero-order valence-corrected chi connectivity index (χ0v) is 8.40. The van der Waals surface area contributed by atoms with E-state index < -0.39 is 0 Å². The van der Waals surface area contributed by atoms with Crippen molar-refractivity contribution in [1.29, 1.82) is 0 Å². The van der Waals surface area contributed by atoms with E-state index in [0.717, 1.165) is 17.4 Å². The Hall–Kier alpha value is -1.57. The molecule has 14 heavy (non-hydrogen) atoms. The van der Waals surface area contributed by atoms with Gasteiger partial charge in [-0.25, -0.2) is 0 Å². The Morgan fingerprint density at radius 1 is 1.43 bits per heavy atom. The second kappa shape index (κ2) is 4.61. The fraction of sp³-hybridized carbons (Fsp3) is 0.250. The van der Waals surface area contributed by atoms with Crippen molar-refractivity contribution in [3.05, 3.63) is 35.4 Å². The zero-order valence-electron chi connectivity index (χ0n) is 8.40. The fourth-order valence-electron chi connectivity index (χ4n) is 1.14. The van der Waals surface area contributed by atoms with E-state index in [1.165, 1.54) is 0 Å². The van der Waals surface area contributed by atoms with E-state index in [-0.39, 0.29) is 11.7 Å². The van der Waals surface area contributed by atoms with Crippen LogP contribution < -0.4 is 0 Å². The Balaban J connectivity index is 3.00.